The Bertz CT molecular complexity index is 790. The van der Waals surface area contributed by atoms with Crippen molar-refractivity contribution in [3.8, 4) is 6.07 Å². The fourth-order valence-corrected chi connectivity index (χ4v) is 4.47. The normalized spacial score (nSPS) is 12.2. The molecule has 0 bridgehead atoms. The first kappa shape index (κ1) is 22.7. The van der Waals surface area contributed by atoms with Crippen LogP contribution in [0, 0.1) is 18.3 Å². The number of aryl methyl sites for hydroxylation is 1. The molecule has 0 fully saturated rings. The zero-order chi connectivity index (χ0) is 20.4. The van der Waals surface area contributed by atoms with Gasteiger partial charge in [-0.2, -0.15) is 5.26 Å². The Kier molecular flexibility index (Phi) is 9.53. The van der Waals surface area contributed by atoms with Gasteiger partial charge in [-0.3, -0.25) is 0 Å². The number of aliphatic hydroxyl groups excluding tert-OH is 1. The first-order chi connectivity index (χ1) is 12.8. The lowest BCUT2D eigenvalue weighted by Gasteiger charge is -2.19. The van der Waals surface area contributed by atoms with Gasteiger partial charge in [-0.25, -0.2) is 9.59 Å². The highest BCUT2D eigenvalue weighted by atomic mass is 32.2. The van der Waals surface area contributed by atoms with Gasteiger partial charge in [-0.15, -0.1) is 23.1 Å². The fraction of sp³-hybridized carbons (Fsp3) is 0.278. The average molecular weight is 409 g/mol. The third kappa shape index (κ3) is 7.80. The summed E-state index contributed by atoms with van der Waals surface area (Å²) < 4.78 is 0. The maximum Gasteiger partial charge on any atom is 0.414 e. The SMILES string of the molecule is Cc1cc(S[C@H](C[C@H](N)CO)c2ccccc2)c(C#N)s1.O=C(O)C(=O)O. The first-order valence-corrected chi connectivity index (χ1v) is 9.52. The summed E-state index contributed by atoms with van der Waals surface area (Å²) in [5, 5.41) is 33.4. The minimum atomic E-state index is -1.82. The molecule has 1 aromatic carbocycles. The highest BCUT2D eigenvalue weighted by molar-refractivity contribution is 7.99. The first-order valence-electron chi connectivity index (χ1n) is 7.83. The van der Waals surface area contributed by atoms with Crippen LogP contribution in [0.2, 0.25) is 0 Å². The van der Waals surface area contributed by atoms with Crippen molar-refractivity contribution in [2.75, 3.05) is 6.61 Å². The van der Waals surface area contributed by atoms with E-state index < -0.39 is 11.9 Å². The van der Waals surface area contributed by atoms with E-state index in [2.05, 4.69) is 18.2 Å². The number of carboxylic acids is 2. The molecule has 2 atom stereocenters. The van der Waals surface area contributed by atoms with E-state index in [9.17, 15) is 10.4 Å². The minimum Gasteiger partial charge on any atom is -0.473 e. The Morgan fingerprint density at radius 2 is 1.85 bits per heavy atom. The lowest BCUT2D eigenvalue weighted by molar-refractivity contribution is -0.159. The molecule has 7 nitrogen and oxygen atoms in total. The fourth-order valence-electron chi connectivity index (χ4n) is 2.08. The molecule has 144 valence electrons. The summed E-state index contributed by atoms with van der Waals surface area (Å²) in [4.78, 5) is 21.1. The second-order valence-electron chi connectivity index (χ2n) is 5.47. The number of carbonyl (C=O) groups is 2. The molecule has 0 unspecified atom stereocenters. The van der Waals surface area contributed by atoms with Gasteiger partial charge in [0.2, 0.25) is 0 Å². The van der Waals surface area contributed by atoms with Gasteiger partial charge in [0.25, 0.3) is 0 Å². The molecule has 2 aromatic rings. The van der Waals surface area contributed by atoms with Gasteiger partial charge in [-0.1, -0.05) is 30.3 Å². The third-order valence-electron chi connectivity index (χ3n) is 3.30. The van der Waals surface area contributed by atoms with Crippen molar-refractivity contribution in [3.05, 3.63) is 51.7 Å². The number of nitriles is 1. The largest absolute Gasteiger partial charge is 0.473 e. The number of aliphatic hydroxyl groups is 1. The molecule has 9 heteroatoms. The number of benzene rings is 1. The number of nitrogens with two attached hydrogens (primary N) is 1. The lowest BCUT2D eigenvalue weighted by Crippen LogP contribution is -2.26. The Labute approximate surface area is 165 Å². The maximum absolute atomic E-state index is 9.23. The number of carboxylic acid groups (broad SMARTS) is 2. The lowest BCUT2D eigenvalue weighted by atomic mass is 10.1. The van der Waals surface area contributed by atoms with E-state index in [0.29, 0.717) is 6.42 Å². The molecular formula is C18H20N2O5S2. The zero-order valence-electron chi connectivity index (χ0n) is 14.5. The quantitative estimate of drug-likeness (QED) is 0.422. The van der Waals surface area contributed by atoms with Crippen LogP contribution >= 0.6 is 23.1 Å². The number of hydrogen-bond acceptors (Lipinski definition) is 7. The molecular weight excluding hydrogens is 388 g/mol. The van der Waals surface area contributed by atoms with Crippen LogP contribution in [0.5, 0.6) is 0 Å². The molecule has 0 spiro atoms. The Morgan fingerprint density at radius 3 is 2.33 bits per heavy atom. The van der Waals surface area contributed by atoms with Gasteiger partial charge >= 0.3 is 11.9 Å². The molecule has 0 radical (unpaired) electrons. The molecule has 0 saturated heterocycles. The number of thiophene rings is 1. The van der Waals surface area contributed by atoms with Crippen LogP contribution in [0.3, 0.4) is 0 Å². The van der Waals surface area contributed by atoms with Crippen LogP contribution in [0.15, 0.2) is 41.3 Å². The van der Waals surface area contributed by atoms with E-state index in [1.54, 1.807) is 11.8 Å². The van der Waals surface area contributed by atoms with Gasteiger partial charge in [0.15, 0.2) is 0 Å². The summed E-state index contributed by atoms with van der Waals surface area (Å²) in [6, 6.07) is 14.1. The topological polar surface area (TPSA) is 145 Å². The maximum atomic E-state index is 9.23. The van der Waals surface area contributed by atoms with E-state index in [1.807, 2.05) is 31.2 Å². The number of rotatable bonds is 6. The zero-order valence-corrected chi connectivity index (χ0v) is 16.2. The van der Waals surface area contributed by atoms with Gasteiger partial charge < -0.3 is 21.1 Å². The van der Waals surface area contributed by atoms with Crippen molar-refractivity contribution in [2.24, 2.45) is 5.73 Å². The monoisotopic (exact) mass is 408 g/mol. The standard InChI is InChI=1S/C16H18N2OS2.C2H2O4/c1-11-7-15(16(9-17)20-11)21-14(8-13(18)10-19)12-5-3-2-4-6-12;3-1(4)2(5)6/h2-7,13-14,19H,8,10,18H2,1H3;(H,3,4)(H,5,6)/t13-,14+;/m0./s1. The van der Waals surface area contributed by atoms with Crippen LogP contribution < -0.4 is 5.73 Å². The van der Waals surface area contributed by atoms with E-state index >= 15 is 0 Å². The summed E-state index contributed by atoms with van der Waals surface area (Å²) in [5.74, 6) is -3.65. The van der Waals surface area contributed by atoms with Crippen molar-refractivity contribution in [1.29, 1.82) is 5.26 Å². The van der Waals surface area contributed by atoms with E-state index in [-0.39, 0.29) is 17.9 Å². The van der Waals surface area contributed by atoms with E-state index in [0.717, 1.165) is 14.6 Å². The Morgan fingerprint density at radius 1 is 1.26 bits per heavy atom. The van der Waals surface area contributed by atoms with Gasteiger partial charge in [0.05, 0.1) is 6.61 Å². The van der Waals surface area contributed by atoms with E-state index in [1.165, 1.54) is 16.9 Å². The molecule has 0 aliphatic rings. The van der Waals surface area contributed by atoms with Crippen LogP contribution in [-0.4, -0.2) is 39.9 Å². The molecule has 1 aromatic heterocycles. The van der Waals surface area contributed by atoms with Crippen molar-refractivity contribution in [1.82, 2.24) is 0 Å². The summed E-state index contributed by atoms with van der Waals surface area (Å²) in [6.45, 7) is 1.98. The number of hydrogen-bond donors (Lipinski definition) is 4. The predicted octanol–water partition coefficient (Wildman–Crippen LogP) is 2.63. The number of aliphatic carboxylic acids is 2. The second-order valence-corrected chi connectivity index (χ2v) is 7.97. The minimum absolute atomic E-state index is 0.0301. The molecule has 1 heterocycles. The molecule has 0 aliphatic heterocycles. The van der Waals surface area contributed by atoms with E-state index in [4.69, 9.17) is 25.5 Å². The number of thioether (sulfide) groups is 1. The smallest absolute Gasteiger partial charge is 0.414 e. The molecule has 0 saturated carbocycles. The molecule has 0 amide bonds. The van der Waals surface area contributed by atoms with Crippen molar-refractivity contribution in [2.45, 2.75) is 29.5 Å². The average Bonchev–Trinajstić information content (AvgIpc) is 3.01. The van der Waals surface area contributed by atoms with Crippen molar-refractivity contribution < 1.29 is 24.9 Å². The highest BCUT2D eigenvalue weighted by Gasteiger charge is 2.19. The van der Waals surface area contributed by atoms with Gasteiger partial charge in [-0.05, 0) is 25.0 Å². The Balaban J connectivity index is 0.000000527. The summed E-state index contributed by atoms with van der Waals surface area (Å²) >= 11 is 3.17. The van der Waals surface area contributed by atoms with Crippen LogP contribution in [0.25, 0.3) is 0 Å². The highest BCUT2D eigenvalue weighted by Crippen LogP contribution is 2.42. The molecule has 5 N–H and O–H groups in total. The Hall–Kier alpha value is -2.38. The van der Waals surface area contributed by atoms with Crippen LogP contribution in [0.4, 0.5) is 0 Å². The van der Waals surface area contributed by atoms with Crippen LogP contribution in [0.1, 0.15) is 27.0 Å². The van der Waals surface area contributed by atoms with Gasteiger partial charge in [0.1, 0.15) is 10.9 Å². The molecule has 27 heavy (non-hydrogen) atoms. The van der Waals surface area contributed by atoms with Gasteiger partial charge in [0, 0.05) is 21.1 Å². The summed E-state index contributed by atoms with van der Waals surface area (Å²) in [5.41, 5.74) is 7.08. The van der Waals surface area contributed by atoms with Crippen LogP contribution in [-0.2, 0) is 9.59 Å². The molecule has 2 rings (SSSR count). The summed E-state index contributed by atoms with van der Waals surface area (Å²) in [7, 11) is 0. The summed E-state index contributed by atoms with van der Waals surface area (Å²) in [6.07, 6.45) is 0.672. The second kappa shape index (κ2) is 11.4. The number of nitrogens with zero attached hydrogens (tertiary/aromatic N) is 1. The third-order valence-corrected chi connectivity index (χ3v) is 5.71. The van der Waals surface area contributed by atoms with Crippen molar-refractivity contribution >= 4 is 35.0 Å². The van der Waals surface area contributed by atoms with Crippen molar-refractivity contribution in [3.63, 3.8) is 0 Å². The molecule has 0 aliphatic carbocycles. The predicted molar refractivity (Wildman–Crippen MR) is 104 cm³/mol.